The number of aromatic nitrogens is 1. The average molecular weight is 354 g/mol. The number of pyridine rings is 1. The number of anilines is 1. The minimum absolute atomic E-state index is 0.113. The fourth-order valence-corrected chi connectivity index (χ4v) is 3.21. The second-order valence-corrected chi connectivity index (χ2v) is 6.84. The number of hydrogen-bond acceptors (Lipinski definition) is 4. The summed E-state index contributed by atoms with van der Waals surface area (Å²) in [5.74, 6) is -0.113. The molecule has 0 saturated carbocycles. The molecule has 0 unspecified atom stereocenters. The molecule has 2 aromatic rings. The number of rotatable bonds is 5. The van der Waals surface area contributed by atoms with Crippen molar-refractivity contribution < 1.29 is 4.79 Å². The van der Waals surface area contributed by atoms with Crippen molar-refractivity contribution in [2.75, 3.05) is 11.9 Å². The predicted molar refractivity (Wildman–Crippen MR) is 86.3 cm³/mol. The minimum Gasteiger partial charge on any atom is -0.385 e. The third kappa shape index (κ3) is 3.80. The van der Waals surface area contributed by atoms with E-state index in [-0.39, 0.29) is 5.91 Å². The fourth-order valence-electron chi connectivity index (χ4n) is 1.79. The van der Waals surface area contributed by atoms with E-state index in [0.717, 1.165) is 26.6 Å². The summed E-state index contributed by atoms with van der Waals surface area (Å²) in [6.07, 6.45) is 1.62. The van der Waals surface area contributed by atoms with E-state index in [0.29, 0.717) is 12.1 Å². The summed E-state index contributed by atoms with van der Waals surface area (Å²) < 4.78 is 1.06. The summed E-state index contributed by atoms with van der Waals surface area (Å²) in [5.41, 5.74) is 2.29. The maximum absolute atomic E-state index is 12.2. The topological polar surface area (TPSA) is 54.0 Å². The third-order valence-corrected chi connectivity index (χ3v) is 4.33. The van der Waals surface area contributed by atoms with Gasteiger partial charge >= 0.3 is 0 Å². The first-order valence-electron chi connectivity index (χ1n) is 6.33. The normalized spacial score (nSPS) is 10.3. The summed E-state index contributed by atoms with van der Waals surface area (Å²) in [6, 6.07) is 5.86. The van der Waals surface area contributed by atoms with Crippen LogP contribution in [-0.2, 0) is 6.54 Å². The number of amides is 1. The largest absolute Gasteiger partial charge is 0.385 e. The molecular weight excluding hydrogens is 338 g/mol. The van der Waals surface area contributed by atoms with Gasteiger partial charge in [0, 0.05) is 23.3 Å². The molecule has 2 heterocycles. The molecule has 2 aromatic heterocycles. The lowest BCUT2D eigenvalue weighted by Gasteiger charge is -2.11. The second-order valence-electron chi connectivity index (χ2n) is 4.29. The molecule has 0 aromatic carbocycles. The lowest BCUT2D eigenvalue weighted by molar-refractivity contribution is 0.0951. The Balaban J connectivity index is 2.08. The highest BCUT2D eigenvalue weighted by Crippen LogP contribution is 2.22. The Kier molecular flexibility index (Phi) is 5.14. The van der Waals surface area contributed by atoms with E-state index in [1.807, 2.05) is 32.0 Å². The van der Waals surface area contributed by atoms with Crippen molar-refractivity contribution in [1.29, 1.82) is 0 Å². The zero-order valence-corrected chi connectivity index (χ0v) is 13.8. The summed E-state index contributed by atoms with van der Waals surface area (Å²) in [5, 5.41) is 6.11. The average Bonchev–Trinajstić information content (AvgIpc) is 2.82. The Morgan fingerprint density at radius 1 is 1.45 bits per heavy atom. The quantitative estimate of drug-likeness (QED) is 0.863. The molecule has 0 aliphatic heterocycles. The molecule has 0 saturated heterocycles. The molecule has 6 heteroatoms. The first-order valence-corrected chi connectivity index (χ1v) is 7.94. The highest BCUT2D eigenvalue weighted by Gasteiger charge is 2.12. The number of nitrogens with zero attached hydrogens (tertiary/aromatic N) is 1. The highest BCUT2D eigenvalue weighted by molar-refractivity contribution is 9.11. The molecular formula is C14H16BrN3OS. The van der Waals surface area contributed by atoms with Crippen LogP contribution >= 0.6 is 27.3 Å². The van der Waals surface area contributed by atoms with Crippen LogP contribution in [0.15, 0.2) is 28.2 Å². The van der Waals surface area contributed by atoms with E-state index in [4.69, 9.17) is 0 Å². The molecule has 0 aliphatic rings. The Bertz CT molecular complexity index is 612. The lowest BCUT2D eigenvalue weighted by Crippen LogP contribution is -2.24. The van der Waals surface area contributed by atoms with Crippen LogP contribution < -0.4 is 10.6 Å². The van der Waals surface area contributed by atoms with Gasteiger partial charge in [0.2, 0.25) is 0 Å². The smallest absolute Gasteiger partial charge is 0.255 e. The molecule has 4 nitrogen and oxygen atoms in total. The Hall–Kier alpha value is -1.40. The number of carbonyl (C=O) groups excluding carboxylic acids is 1. The van der Waals surface area contributed by atoms with Gasteiger partial charge in [0.25, 0.3) is 5.91 Å². The molecule has 0 spiro atoms. The number of nitrogens with one attached hydrogen (secondary N) is 2. The van der Waals surface area contributed by atoms with E-state index in [9.17, 15) is 4.79 Å². The molecule has 0 aliphatic carbocycles. The molecule has 0 atom stereocenters. The van der Waals surface area contributed by atoms with Crippen molar-refractivity contribution >= 4 is 38.9 Å². The van der Waals surface area contributed by atoms with Gasteiger partial charge in [0.15, 0.2) is 0 Å². The number of carbonyl (C=O) groups is 1. The van der Waals surface area contributed by atoms with Crippen LogP contribution in [0.3, 0.4) is 0 Å². The maximum Gasteiger partial charge on any atom is 0.255 e. The van der Waals surface area contributed by atoms with E-state index >= 15 is 0 Å². The van der Waals surface area contributed by atoms with E-state index in [1.165, 1.54) is 0 Å². The van der Waals surface area contributed by atoms with Gasteiger partial charge in [-0.15, -0.1) is 11.3 Å². The van der Waals surface area contributed by atoms with E-state index < -0.39 is 0 Å². The lowest BCUT2D eigenvalue weighted by atomic mass is 10.2. The van der Waals surface area contributed by atoms with Gasteiger partial charge in [-0.3, -0.25) is 9.78 Å². The molecule has 2 N–H and O–H groups in total. The molecule has 0 radical (unpaired) electrons. The number of halogens is 1. The van der Waals surface area contributed by atoms with Gasteiger partial charge in [-0.2, -0.15) is 0 Å². The zero-order valence-electron chi connectivity index (χ0n) is 11.4. The molecule has 2 rings (SSSR count). The van der Waals surface area contributed by atoms with Gasteiger partial charge in [0.1, 0.15) is 0 Å². The Labute approximate surface area is 130 Å². The predicted octanol–water partition coefficient (Wildman–Crippen LogP) is 3.58. The van der Waals surface area contributed by atoms with Crippen molar-refractivity contribution in [3.8, 4) is 0 Å². The first kappa shape index (κ1) is 15.0. The third-order valence-electron chi connectivity index (χ3n) is 2.70. The molecule has 0 fully saturated rings. The Morgan fingerprint density at radius 3 is 2.90 bits per heavy atom. The Morgan fingerprint density at radius 2 is 2.25 bits per heavy atom. The number of hydrogen-bond donors (Lipinski definition) is 2. The van der Waals surface area contributed by atoms with Crippen LogP contribution in [0.5, 0.6) is 0 Å². The van der Waals surface area contributed by atoms with Crippen molar-refractivity contribution in [3.63, 3.8) is 0 Å². The fraction of sp³-hybridized carbons (Fsp3) is 0.286. The van der Waals surface area contributed by atoms with Gasteiger partial charge in [-0.25, -0.2) is 0 Å². The van der Waals surface area contributed by atoms with Crippen LogP contribution in [0.2, 0.25) is 0 Å². The highest BCUT2D eigenvalue weighted by atomic mass is 79.9. The van der Waals surface area contributed by atoms with Gasteiger partial charge < -0.3 is 10.6 Å². The molecule has 1 amide bonds. The van der Waals surface area contributed by atoms with Crippen LogP contribution in [0, 0.1) is 6.92 Å². The molecule has 20 heavy (non-hydrogen) atoms. The molecule has 0 bridgehead atoms. The summed E-state index contributed by atoms with van der Waals surface area (Å²) >= 11 is 5.02. The van der Waals surface area contributed by atoms with Gasteiger partial charge in [-0.05, 0) is 48.0 Å². The SMILES string of the molecule is CCNc1cc(C)ncc1C(=O)NCc1ccc(Br)s1. The number of thiophene rings is 1. The van der Waals surface area contributed by atoms with E-state index in [1.54, 1.807) is 17.5 Å². The van der Waals surface area contributed by atoms with Crippen LogP contribution in [0.4, 0.5) is 5.69 Å². The van der Waals surface area contributed by atoms with Crippen molar-refractivity contribution in [2.45, 2.75) is 20.4 Å². The summed E-state index contributed by atoms with van der Waals surface area (Å²) in [7, 11) is 0. The number of aryl methyl sites for hydroxylation is 1. The van der Waals surface area contributed by atoms with Crippen LogP contribution in [0.25, 0.3) is 0 Å². The van der Waals surface area contributed by atoms with E-state index in [2.05, 4.69) is 31.5 Å². The zero-order chi connectivity index (χ0) is 14.5. The monoisotopic (exact) mass is 353 g/mol. The standard InChI is InChI=1S/C14H16BrN3OS/c1-3-16-12-6-9(2)17-8-11(12)14(19)18-7-10-4-5-13(15)20-10/h4-6,8H,3,7H2,1-2H3,(H,16,17)(H,18,19). The van der Waals surface area contributed by atoms with Crippen molar-refractivity contribution in [1.82, 2.24) is 10.3 Å². The van der Waals surface area contributed by atoms with Crippen LogP contribution in [-0.4, -0.2) is 17.4 Å². The first-order chi connectivity index (χ1) is 9.60. The second kappa shape index (κ2) is 6.85. The van der Waals surface area contributed by atoms with Crippen molar-refractivity contribution in [2.24, 2.45) is 0 Å². The summed E-state index contributed by atoms with van der Waals surface area (Å²) in [4.78, 5) is 17.5. The van der Waals surface area contributed by atoms with Crippen molar-refractivity contribution in [3.05, 3.63) is 44.3 Å². The summed E-state index contributed by atoms with van der Waals surface area (Å²) in [6.45, 7) is 5.20. The minimum atomic E-state index is -0.113. The van der Waals surface area contributed by atoms with Gasteiger partial charge in [-0.1, -0.05) is 0 Å². The van der Waals surface area contributed by atoms with Crippen LogP contribution in [0.1, 0.15) is 27.9 Å². The van der Waals surface area contributed by atoms with Gasteiger partial charge in [0.05, 0.1) is 21.6 Å². The molecule has 106 valence electrons. The maximum atomic E-state index is 12.2.